The summed E-state index contributed by atoms with van der Waals surface area (Å²) in [6.45, 7) is -0.601. The first kappa shape index (κ1) is 11.4. The van der Waals surface area contributed by atoms with E-state index in [0.29, 0.717) is 0 Å². The van der Waals surface area contributed by atoms with Gasteiger partial charge in [-0.05, 0) is 4.57 Å². The van der Waals surface area contributed by atoms with Crippen molar-refractivity contribution in [2.75, 3.05) is 13.1 Å². The van der Waals surface area contributed by atoms with Crippen LogP contribution in [0.2, 0.25) is 0 Å². The maximum Gasteiger partial charge on any atom is 0.539 e. The number of aliphatic hydroxyl groups excluding tert-OH is 2. The zero-order chi connectivity index (χ0) is 5.70. The molecule has 0 aromatic heterocycles. The van der Waals surface area contributed by atoms with E-state index in [9.17, 15) is 4.57 Å². The van der Waals surface area contributed by atoms with Crippen molar-refractivity contribution in [3.05, 3.63) is 0 Å². The molecular formula is C2H6O4PZn+. The molecular weight excluding hydrogens is 184 g/mol. The molecule has 0 saturated carbocycles. The van der Waals surface area contributed by atoms with E-state index in [4.69, 9.17) is 10.2 Å². The summed E-state index contributed by atoms with van der Waals surface area (Å²) in [7, 11) is -2.02. The van der Waals surface area contributed by atoms with Crippen LogP contribution in [0.1, 0.15) is 0 Å². The summed E-state index contributed by atoms with van der Waals surface area (Å²) in [5.41, 5.74) is 0. The van der Waals surface area contributed by atoms with Crippen LogP contribution >= 0.6 is 8.03 Å². The minimum absolute atomic E-state index is 0. The third-order valence-corrected chi connectivity index (χ3v) is 0.952. The molecule has 0 amide bonds. The third kappa shape index (κ3) is 6.60. The van der Waals surface area contributed by atoms with Gasteiger partial charge in [0, 0.05) is 19.5 Å². The van der Waals surface area contributed by atoms with Crippen molar-refractivity contribution in [1.82, 2.24) is 0 Å². The minimum atomic E-state index is -2.02. The van der Waals surface area contributed by atoms with Crippen LogP contribution in [0.4, 0.5) is 0 Å². The van der Waals surface area contributed by atoms with Gasteiger partial charge in [0.25, 0.3) is 6.35 Å². The molecule has 0 spiro atoms. The monoisotopic (exact) mass is 189 g/mol. The molecule has 0 aliphatic carbocycles. The molecule has 8 heavy (non-hydrogen) atoms. The molecule has 0 fully saturated rings. The summed E-state index contributed by atoms with van der Waals surface area (Å²) in [5.74, 6) is 0. The van der Waals surface area contributed by atoms with E-state index >= 15 is 0 Å². The van der Waals surface area contributed by atoms with Gasteiger partial charge in [0.1, 0.15) is 0 Å². The Morgan fingerprint density at radius 3 is 2.12 bits per heavy atom. The molecule has 0 bridgehead atoms. The molecule has 4 nitrogen and oxygen atoms in total. The number of hydrogen-bond acceptors (Lipinski definition) is 4. The van der Waals surface area contributed by atoms with Gasteiger partial charge in [0.2, 0.25) is 0 Å². The molecule has 1 atom stereocenters. The zero-order valence-electron chi connectivity index (χ0n) is 4.28. The first-order valence-electron chi connectivity index (χ1n) is 1.60. The Hall–Kier alpha value is 0.603. The van der Waals surface area contributed by atoms with Crippen molar-refractivity contribution in [2.24, 2.45) is 0 Å². The van der Waals surface area contributed by atoms with Gasteiger partial charge in [0.15, 0.2) is 6.79 Å². The van der Waals surface area contributed by atoms with Gasteiger partial charge >= 0.3 is 8.03 Å². The Bertz CT molecular complexity index is 67.1. The molecule has 6 heteroatoms. The maximum atomic E-state index is 9.93. The van der Waals surface area contributed by atoms with E-state index in [1.807, 2.05) is 0 Å². The smallest absolute Gasteiger partial charge is 0.367 e. The first-order valence-corrected chi connectivity index (χ1v) is 2.97. The van der Waals surface area contributed by atoms with Crippen LogP contribution in [0.5, 0.6) is 0 Å². The quantitative estimate of drug-likeness (QED) is 0.362. The molecule has 0 aliphatic rings. The molecule has 0 rings (SSSR count). The molecule has 0 aliphatic heterocycles. The van der Waals surface area contributed by atoms with Crippen molar-refractivity contribution >= 4 is 8.03 Å². The van der Waals surface area contributed by atoms with E-state index < -0.39 is 21.2 Å². The van der Waals surface area contributed by atoms with Gasteiger partial charge in [-0.15, -0.1) is 4.52 Å². The van der Waals surface area contributed by atoms with Gasteiger partial charge in [0.05, 0.1) is 0 Å². The molecule has 0 heterocycles. The average molecular weight is 190 g/mol. The second kappa shape index (κ2) is 7.60. The Morgan fingerprint density at radius 2 is 2.00 bits per heavy atom. The van der Waals surface area contributed by atoms with Gasteiger partial charge in [-0.25, -0.2) is 0 Å². The molecule has 0 aromatic rings. The molecule has 1 unspecified atom stereocenters. The Morgan fingerprint density at radius 1 is 1.50 bits per heavy atom. The van der Waals surface area contributed by atoms with Crippen molar-refractivity contribution in [1.29, 1.82) is 0 Å². The van der Waals surface area contributed by atoms with E-state index in [1.54, 1.807) is 0 Å². The SMILES string of the molecule is O=[P+](CO)OCO.[Zn]. The number of rotatable bonds is 3. The number of hydrogen-bond donors (Lipinski definition) is 2. The van der Waals surface area contributed by atoms with E-state index in [0.717, 1.165) is 0 Å². The summed E-state index contributed by atoms with van der Waals surface area (Å²) in [5, 5.41) is 15.8. The summed E-state index contributed by atoms with van der Waals surface area (Å²) in [6, 6.07) is 0. The van der Waals surface area contributed by atoms with E-state index in [1.165, 1.54) is 0 Å². The fraction of sp³-hybridized carbons (Fsp3) is 1.00. The minimum Gasteiger partial charge on any atom is -0.367 e. The van der Waals surface area contributed by atoms with Crippen molar-refractivity contribution in [3.63, 3.8) is 0 Å². The van der Waals surface area contributed by atoms with Crippen LogP contribution in [0.25, 0.3) is 0 Å². The average Bonchev–Trinajstić information content (AvgIpc) is 1.68. The van der Waals surface area contributed by atoms with Crippen LogP contribution in [-0.4, -0.2) is 23.4 Å². The van der Waals surface area contributed by atoms with Crippen LogP contribution in [0.3, 0.4) is 0 Å². The van der Waals surface area contributed by atoms with Gasteiger partial charge in [-0.1, -0.05) is 0 Å². The second-order valence-electron chi connectivity index (χ2n) is 0.732. The summed E-state index contributed by atoms with van der Waals surface area (Å²) in [6.07, 6.45) is -0.532. The molecule has 44 valence electrons. The zero-order valence-corrected chi connectivity index (χ0v) is 8.14. The Labute approximate surface area is 60.5 Å². The van der Waals surface area contributed by atoms with E-state index in [2.05, 4.69) is 4.52 Å². The molecule has 0 saturated heterocycles. The van der Waals surface area contributed by atoms with Gasteiger partial charge in [-0.2, -0.15) is 0 Å². The summed E-state index contributed by atoms with van der Waals surface area (Å²) < 4.78 is 13.9. The van der Waals surface area contributed by atoms with E-state index in [-0.39, 0.29) is 19.5 Å². The van der Waals surface area contributed by atoms with Crippen LogP contribution in [-0.2, 0) is 28.6 Å². The predicted molar refractivity (Wildman–Crippen MR) is 22.9 cm³/mol. The topological polar surface area (TPSA) is 66.8 Å². The third-order valence-electron chi connectivity index (χ3n) is 0.317. The normalized spacial score (nSPS) is 10.0. The predicted octanol–water partition coefficient (Wildman–Crippen LogP) is -0.358. The maximum absolute atomic E-state index is 9.93. The second-order valence-corrected chi connectivity index (χ2v) is 1.94. The molecule has 0 radical (unpaired) electrons. The number of aliphatic hydroxyl groups is 2. The summed E-state index contributed by atoms with van der Waals surface area (Å²) >= 11 is 0. The van der Waals surface area contributed by atoms with Crippen LogP contribution < -0.4 is 0 Å². The van der Waals surface area contributed by atoms with Crippen molar-refractivity contribution in [3.8, 4) is 0 Å². The first-order chi connectivity index (χ1) is 3.31. The van der Waals surface area contributed by atoms with Gasteiger partial charge < -0.3 is 10.2 Å². The van der Waals surface area contributed by atoms with Gasteiger partial charge in [-0.3, -0.25) is 0 Å². The van der Waals surface area contributed by atoms with Crippen molar-refractivity contribution in [2.45, 2.75) is 0 Å². The standard InChI is InChI=1S/C2H6O4P.Zn/c3-1-6-7(5)2-4;/h3-4H,1-2H2;/q+1;. The largest absolute Gasteiger partial charge is 0.539 e. The van der Waals surface area contributed by atoms with Crippen LogP contribution in [0, 0.1) is 0 Å². The Balaban J connectivity index is 0. The molecule has 0 aromatic carbocycles. The Kier molecular flexibility index (Phi) is 10.8. The fourth-order valence-electron chi connectivity index (χ4n) is 0.105. The summed E-state index contributed by atoms with van der Waals surface area (Å²) in [4.78, 5) is 0. The van der Waals surface area contributed by atoms with Crippen LogP contribution in [0.15, 0.2) is 0 Å². The molecule has 2 N–H and O–H groups in total. The fourth-order valence-corrected chi connectivity index (χ4v) is 0.316. The van der Waals surface area contributed by atoms with Crippen molar-refractivity contribution < 1.29 is 38.8 Å².